The lowest BCUT2D eigenvalue weighted by molar-refractivity contribution is -0.196. The lowest BCUT2D eigenvalue weighted by Gasteiger charge is -2.27. The van der Waals surface area contributed by atoms with E-state index < -0.39 is 59.8 Å². The Hall–Kier alpha value is -3.47. The molecule has 0 aliphatic heterocycles. The predicted octanol–water partition coefficient (Wildman–Crippen LogP) is 2.43. The molecular formula is C19H14F4O7. The summed E-state index contributed by atoms with van der Waals surface area (Å²) in [5.41, 5.74) is -0.828. The maximum absolute atomic E-state index is 14.0. The average Bonchev–Trinajstić information content (AvgIpc) is 2.69. The van der Waals surface area contributed by atoms with Gasteiger partial charge in [0, 0.05) is 0 Å². The number of carboxylic acids is 1. The Balaban J connectivity index is 2.16. The van der Waals surface area contributed by atoms with Crippen molar-refractivity contribution in [1.82, 2.24) is 0 Å². The van der Waals surface area contributed by atoms with Crippen LogP contribution in [0.25, 0.3) is 0 Å². The number of rotatable bonds is 8. The van der Waals surface area contributed by atoms with Gasteiger partial charge in [-0.1, -0.05) is 12.1 Å². The Morgan fingerprint density at radius 3 is 1.90 bits per heavy atom. The van der Waals surface area contributed by atoms with Gasteiger partial charge in [0.25, 0.3) is 0 Å². The normalized spacial score (nSPS) is 13.2. The lowest BCUT2D eigenvalue weighted by atomic mass is 10.1. The number of carbonyl (C=O) groups is 3. The van der Waals surface area contributed by atoms with Crippen molar-refractivity contribution in [1.29, 1.82) is 0 Å². The molecule has 2 atom stereocenters. The topological polar surface area (TPSA) is 110 Å². The fourth-order valence-corrected chi connectivity index (χ4v) is 2.26. The maximum Gasteiger partial charge on any atom is 0.381 e. The van der Waals surface area contributed by atoms with Crippen LogP contribution in [0.5, 0.6) is 0 Å². The number of esters is 2. The van der Waals surface area contributed by atoms with Crippen LogP contribution in [-0.2, 0) is 14.3 Å². The summed E-state index contributed by atoms with van der Waals surface area (Å²) in [5, 5.41) is 18.7. The van der Waals surface area contributed by atoms with Crippen molar-refractivity contribution in [2.24, 2.45) is 0 Å². The van der Waals surface area contributed by atoms with E-state index in [4.69, 9.17) is 5.11 Å². The molecule has 2 rings (SSSR count). The number of aliphatic carboxylic acids is 1. The molecular weight excluding hydrogens is 416 g/mol. The van der Waals surface area contributed by atoms with Crippen LogP contribution in [0.3, 0.4) is 0 Å². The van der Waals surface area contributed by atoms with E-state index >= 15 is 0 Å². The van der Waals surface area contributed by atoms with Crippen molar-refractivity contribution < 1.29 is 51.6 Å². The molecule has 160 valence electrons. The third kappa shape index (κ3) is 5.54. The van der Waals surface area contributed by atoms with Gasteiger partial charge in [0.1, 0.15) is 24.3 Å². The third-order valence-corrected chi connectivity index (χ3v) is 3.73. The zero-order valence-corrected chi connectivity index (χ0v) is 14.9. The first kappa shape index (κ1) is 22.8. The van der Waals surface area contributed by atoms with Crippen molar-refractivity contribution in [3.63, 3.8) is 0 Å². The molecule has 0 saturated carbocycles. The molecule has 0 fully saturated rings. The zero-order chi connectivity index (χ0) is 22.5. The summed E-state index contributed by atoms with van der Waals surface area (Å²) in [6.07, 6.45) is -5.46. The van der Waals surface area contributed by atoms with E-state index in [-0.39, 0.29) is 5.56 Å². The smallest absolute Gasteiger partial charge is 0.381 e. The Morgan fingerprint density at radius 1 is 0.933 bits per heavy atom. The highest BCUT2D eigenvalue weighted by Crippen LogP contribution is 2.26. The molecule has 30 heavy (non-hydrogen) atoms. The standard InChI is InChI=1S/C19H14F4O7/c20-12-5-1-3-10(7-12)16(25)29-9-14(24)15(19(22,23)18(27)28)30-17(26)11-4-2-6-13(21)8-11/h1-8,14-15,24H,9H2,(H,27,28)/t14-,15-/m1/s1. The summed E-state index contributed by atoms with van der Waals surface area (Å²) in [6.45, 7) is -1.21. The molecule has 0 spiro atoms. The number of halogens is 4. The summed E-state index contributed by atoms with van der Waals surface area (Å²) < 4.78 is 63.3. The van der Waals surface area contributed by atoms with Crippen molar-refractivity contribution in [3.8, 4) is 0 Å². The van der Waals surface area contributed by atoms with Gasteiger partial charge in [-0.2, -0.15) is 8.78 Å². The summed E-state index contributed by atoms with van der Waals surface area (Å²) in [7, 11) is 0. The quantitative estimate of drug-likeness (QED) is 0.489. The molecule has 0 bridgehead atoms. The SMILES string of the molecule is O=C(OC[C@@H](O)[C@@H](OC(=O)c1cccc(F)c1)C(F)(F)C(=O)O)c1cccc(F)c1. The summed E-state index contributed by atoms with van der Waals surface area (Å²) >= 11 is 0. The minimum atomic E-state index is -4.78. The molecule has 0 aliphatic carbocycles. The maximum atomic E-state index is 14.0. The number of aliphatic hydroxyl groups is 1. The van der Waals surface area contributed by atoms with E-state index in [0.717, 1.165) is 36.4 Å². The van der Waals surface area contributed by atoms with Gasteiger partial charge in [0.2, 0.25) is 6.10 Å². The van der Waals surface area contributed by atoms with E-state index in [2.05, 4.69) is 9.47 Å². The van der Waals surface area contributed by atoms with E-state index in [1.807, 2.05) is 0 Å². The molecule has 2 aromatic rings. The van der Waals surface area contributed by atoms with Crippen LogP contribution in [0.2, 0.25) is 0 Å². The number of benzene rings is 2. The minimum Gasteiger partial charge on any atom is -0.477 e. The van der Waals surface area contributed by atoms with Gasteiger partial charge in [0.15, 0.2) is 0 Å². The molecule has 0 amide bonds. The summed E-state index contributed by atoms with van der Waals surface area (Å²) in [4.78, 5) is 34.7. The van der Waals surface area contributed by atoms with Crippen molar-refractivity contribution in [2.75, 3.05) is 6.61 Å². The van der Waals surface area contributed by atoms with Crippen LogP contribution < -0.4 is 0 Å². The molecule has 0 radical (unpaired) electrons. The summed E-state index contributed by atoms with van der Waals surface area (Å²) in [6, 6.07) is 7.82. The Bertz CT molecular complexity index is 948. The highest BCUT2D eigenvalue weighted by molar-refractivity contribution is 5.90. The zero-order valence-electron chi connectivity index (χ0n) is 14.9. The first-order valence-electron chi connectivity index (χ1n) is 8.21. The van der Waals surface area contributed by atoms with Gasteiger partial charge in [-0.25, -0.2) is 23.2 Å². The number of aliphatic hydroxyl groups excluding tert-OH is 1. The van der Waals surface area contributed by atoms with Crippen LogP contribution in [0.15, 0.2) is 48.5 Å². The predicted molar refractivity (Wildman–Crippen MR) is 90.9 cm³/mol. The molecule has 11 heteroatoms. The van der Waals surface area contributed by atoms with Gasteiger partial charge >= 0.3 is 23.8 Å². The second kappa shape index (κ2) is 9.35. The van der Waals surface area contributed by atoms with Crippen LogP contribution in [0, 0.1) is 11.6 Å². The largest absolute Gasteiger partial charge is 0.477 e. The molecule has 0 unspecified atom stereocenters. The van der Waals surface area contributed by atoms with Crippen molar-refractivity contribution in [2.45, 2.75) is 18.1 Å². The van der Waals surface area contributed by atoms with Gasteiger partial charge in [-0.05, 0) is 36.4 Å². The fourth-order valence-electron chi connectivity index (χ4n) is 2.26. The Kier molecular flexibility index (Phi) is 7.11. The third-order valence-electron chi connectivity index (χ3n) is 3.73. The molecule has 2 aromatic carbocycles. The number of alkyl halides is 2. The Morgan fingerprint density at radius 2 is 1.43 bits per heavy atom. The molecule has 0 aliphatic rings. The fraction of sp³-hybridized carbons (Fsp3) is 0.211. The lowest BCUT2D eigenvalue weighted by Crippen LogP contribution is -2.52. The van der Waals surface area contributed by atoms with E-state index in [1.54, 1.807) is 0 Å². The Labute approximate surface area is 166 Å². The first-order valence-corrected chi connectivity index (χ1v) is 8.21. The number of ether oxygens (including phenoxy) is 2. The van der Waals surface area contributed by atoms with Crippen LogP contribution in [-0.4, -0.2) is 52.9 Å². The number of hydrogen-bond donors (Lipinski definition) is 2. The molecule has 0 heterocycles. The van der Waals surface area contributed by atoms with Gasteiger partial charge in [-0.3, -0.25) is 0 Å². The van der Waals surface area contributed by atoms with Gasteiger partial charge in [-0.15, -0.1) is 0 Å². The highest BCUT2D eigenvalue weighted by atomic mass is 19.3. The van der Waals surface area contributed by atoms with Crippen LogP contribution in [0.1, 0.15) is 20.7 Å². The minimum absolute atomic E-state index is 0.305. The van der Waals surface area contributed by atoms with E-state index in [9.17, 15) is 37.1 Å². The first-order chi connectivity index (χ1) is 14.0. The van der Waals surface area contributed by atoms with E-state index in [1.165, 1.54) is 6.07 Å². The van der Waals surface area contributed by atoms with Crippen molar-refractivity contribution in [3.05, 3.63) is 71.3 Å². The number of carbonyl (C=O) groups excluding carboxylic acids is 2. The molecule has 2 N–H and O–H groups in total. The van der Waals surface area contributed by atoms with E-state index in [0.29, 0.717) is 6.07 Å². The van der Waals surface area contributed by atoms with Gasteiger partial charge < -0.3 is 19.7 Å². The number of hydrogen-bond acceptors (Lipinski definition) is 6. The van der Waals surface area contributed by atoms with Crippen LogP contribution >= 0.6 is 0 Å². The molecule has 0 aromatic heterocycles. The average molecular weight is 430 g/mol. The van der Waals surface area contributed by atoms with Crippen molar-refractivity contribution >= 4 is 17.9 Å². The summed E-state index contributed by atoms with van der Waals surface area (Å²) in [5.74, 6) is -11.9. The monoisotopic (exact) mass is 430 g/mol. The highest BCUT2D eigenvalue weighted by Gasteiger charge is 2.54. The molecule has 0 saturated heterocycles. The van der Waals surface area contributed by atoms with Crippen LogP contribution in [0.4, 0.5) is 17.6 Å². The second-order valence-electron chi connectivity index (χ2n) is 5.94. The second-order valence-corrected chi connectivity index (χ2v) is 5.94. The molecule has 7 nitrogen and oxygen atoms in total. The van der Waals surface area contributed by atoms with Gasteiger partial charge in [0.05, 0.1) is 11.1 Å². The number of carboxylic acid groups (broad SMARTS) is 1.